The molecule has 1 spiro atoms. The van der Waals surface area contributed by atoms with Crippen molar-refractivity contribution >= 4 is 39.5 Å². The average molecular weight is 411 g/mol. The van der Waals surface area contributed by atoms with Crippen LogP contribution in [0.25, 0.3) is 0 Å². The Hall–Kier alpha value is -2.16. The predicted molar refractivity (Wildman–Crippen MR) is 94.1 cm³/mol. The number of nitrogens with one attached hydrogen (secondary N) is 2. The Morgan fingerprint density at radius 2 is 1.96 bits per heavy atom. The maximum Gasteiger partial charge on any atom is 0.327 e. The van der Waals surface area contributed by atoms with Crippen LogP contribution in [0.2, 0.25) is 0 Å². The number of carbonyl (C=O) groups excluding carboxylic acids is 3. The van der Waals surface area contributed by atoms with Crippen molar-refractivity contribution in [2.75, 3.05) is 18.9 Å². The zero-order chi connectivity index (χ0) is 18.2. The minimum absolute atomic E-state index is 0.0548. The maximum absolute atomic E-state index is 12.8. The lowest BCUT2D eigenvalue weighted by Gasteiger charge is -2.35. The number of carbonyl (C=O) groups is 3. The van der Waals surface area contributed by atoms with Crippen LogP contribution in [0, 0.1) is 0 Å². The van der Waals surface area contributed by atoms with E-state index in [1.807, 2.05) is 0 Å². The molecular weight excluding hydrogens is 392 g/mol. The van der Waals surface area contributed by atoms with Crippen LogP contribution < -0.4 is 10.9 Å². The van der Waals surface area contributed by atoms with Crippen molar-refractivity contribution in [3.63, 3.8) is 0 Å². The molecule has 1 saturated carbocycles. The van der Waals surface area contributed by atoms with Crippen molar-refractivity contribution in [1.29, 1.82) is 0 Å². The maximum atomic E-state index is 12.8. The number of hydrogen-bond acceptors (Lipinski definition) is 4. The first kappa shape index (κ1) is 17.7. The van der Waals surface area contributed by atoms with E-state index >= 15 is 0 Å². The number of pyridine rings is 1. The molecule has 2 heterocycles. The van der Waals surface area contributed by atoms with Crippen molar-refractivity contribution in [3.8, 4) is 0 Å². The zero-order valence-electron chi connectivity index (χ0n) is 13.8. The fourth-order valence-corrected chi connectivity index (χ4v) is 3.90. The Balaban J connectivity index is 1.75. The summed E-state index contributed by atoms with van der Waals surface area (Å²) in [4.78, 5) is 54.2. The quantitative estimate of drug-likeness (QED) is 0.739. The van der Waals surface area contributed by atoms with E-state index in [0.29, 0.717) is 17.3 Å². The first-order valence-electron chi connectivity index (χ1n) is 8.13. The number of likely N-dealkylation sites (N-methyl/N-ethyl adjacent to an activating group) is 1. The minimum Gasteiger partial charge on any atom is -0.326 e. The van der Waals surface area contributed by atoms with Crippen LogP contribution in [0.1, 0.15) is 32.1 Å². The number of amides is 4. The Morgan fingerprint density at radius 1 is 1.28 bits per heavy atom. The molecule has 3 rings (SSSR count). The van der Waals surface area contributed by atoms with Gasteiger partial charge >= 0.3 is 6.03 Å². The van der Waals surface area contributed by atoms with Gasteiger partial charge in [0.15, 0.2) is 0 Å². The molecule has 0 bridgehead atoms. The van der Waals surface area contributed by atoms with Crippen LogP contribution in [0.4, 0.5) is 10.5 Å². The second-order valence-electron chi connectivity index (χ2n) is 6.43. The molecule has 1 aromatic heterocycles. The highest BCUT2D eigenvalue weighted by molar-refractivity contribution is 9.10. The molecule has 2 fully saturated rings. The molecule has 0 aromatic carbocycles. The number of aromatic amines is 1. The summed E-state index contributed by atoms with van der Waals surface area (Å²) < 4.78 is 0.594. The summed E-state index contributed by atoms with van der Waals surface area (Å²) >= 11 is 3.20. The molecule has 2 aliphatic rings. The highest BCUT2D eigenvalue weighted by atomic mass is 79.9. The second-order valence-corrected chi connectivity index (χ2v) is 7.35. The van der Waals surface area contributed by atoms with E-state index in [4.69, 9.17) is 0 Å². The minimum atomic E-state index is -0.817. The molecule has 1 aliphatic heterocycles. The van der Waals surface area contributed by atoms with E-state index in [9.17, 15) is 19.2 Å². The first-order valence-corrected chi connectivity index (χ1v) is 8.92. The molecule has 0 atom stereocenters. The largest absolute Gasteiger partial charge is 0.327 e. The fourth-order valence-electron chi connectivity index (χ4n) is 3.55. The molecule has 134 valence electrons. The molecule has 4 amide bonds. The van der Waals surface area contributed by atoms with E-state index in [-0.39, 0.29) is 11.6 Å². The van der Waals surface area contributed by atoms with Crippen LogP contribution >= 0.6 is 15.9 Å². The van der Waals surface area contributed by atoms with Gasteiger partial charge in [-0.05, 0) is 34.8 Å². The molecule has 8 nitrogen and oxygen atoms in total. The average Bonchev–Trinajstić information content (AvgIpc) is 2.75. The Labute approximate surface area is 152 Å². The number of hydrogen-bond donors (Lipinski definition) is 2. The van der Waals surface area contributed by atoms with Crippen molar-refractivity contribution in [2.45, 2.75) is 37.6 Å². The summed E-state index contributed by atoms with van der Waals surface area (Å²) in [7, 11) is 1.61. The number of H-pyrrole nitrogens is 1. The van der Waals surface area contributed by atoms with Gasteiger partial charge in [0.2, 0.25) is 5.91 Å². The van der Waals surface area contributed by atoms with Crippen LogP contribution in [0.3, 0.4) is 0 Å². The molecule has 25 heavy (non-hydrogen) atoms. The Kier molecular flexibility index (Phi) is 4.68. The number of anilines is 1. The van der Waals surface area contributed by atoms with Gasteiger partial charge in [-0.1, -0.05) is 19.3 Å². The molecule has 9 heteroatoms. The molecule has 0 radical (unpaired) electrons. The van der Waals surface area contributed by atoms with Crippen molar-refractivity contribution in [2.24, 2.45) is 0 Å². The third-order valence-corrected chi connectivity index (χ3v) is 5.39. The molecule has 1 aromatic rings. The number of nitrogens with zero attached hydrogens (tertiary/aromatic N) is 2. The van der Waals surface area contributed by atoms with Gasteiger partial charge in [0.05, 0.1) is 0 Å². The highest BCUT2D eigenvalue weighted by Gasteiger charge is 2.55. The molecule has 0 unspecified atom stereocenters. The predicted octanol–water partition coefficient (Wildman–Crippen LogP) is 1.67. The topological polar surface area (TPSA) is 103 Å². The van der Waals surface area contributed by atoms with Gasteiger partial charge in [-0.15, -0.1) is 0 Å². The van der Waals surface area contributed by atoms with Crippen molar-refractivity contribution < 1.29 is 14.4 Å². The molecule has 2 N–H and O–H groups in total. The number of aromatic nitrogens is 1. The lowest BCUT2D eigenvalue weighted by atomic mass is 9.81. The standard InChI is InChI=1S/C16H19BrN4O4/c1-20-15(25)21(14(24)16(20)5-3-2-4-6-16)9-12(22)19-11-7-10(17)8-18-13(11)23/h7-8H,2-6,9H2,1H3,(H,18,23)(H,19,22). The zero-order valence-corrected chi connectivity index (χ0v) is 15.4. The molecule has 1 saturated heterocycles. The van der Waals surface area contributed by atoms with E-state index in [2.05, 4.69) is 26.2 Å². The lowest BCUT2D eigenvalue weighted by Crippen LogP contribution is -2.49. The van der Waals surface area contributed by atoms with Gasteiger partial charge in [-0.3, -0.25) is 19.3 Å². The second kappa shape index (κ2) is 6.62. The van der Waals surface area contributed by atoms with Gasteiger partial charge in [-0.2, -0.15) is 0 Å². The van der Waals surface area contributed by atoms with E-state index in [0.717, 1.165) is 24.2 Å². The first-order chi connectivity index (χ1) is 11.8. The van der Waals surface area contributed by atoms with Crippen LogP contribution in [0.15, 0.2) is 21.5 Å². The van der Waals surface area contributed by atoms with Gasteiger partial charge in [0, 0.05) is 17.7 Å². The summed E-state index contributed by atoms with van der Waals surface area (Å²) in [5, 5.41) is 2.45. The Morgan fingerprint density at radius 3 is 2.64 bits per heavy atom. The molecular formula is C16H19BrN4O4. The van der Waals surface area contributed by atoms with E-state index < -0.39 is 29.6 Å². The number of urea groups is 1. The van der Waals surface area contributed by atoms with E-state index in [1.54, 1.807) is 7.05 Å². The number of halogens is 1. The molecule has 1 aliphatic carbocycles. The van der Waals surface area contributed by atoms with Crippen LogP contribution in [0.5, 0.6) is 0 Å². The van der Waals surface area contributed by atoms with Crippen LogP contribution in [-0.4, -0.2) is 51.8 Å². The van der Waals surface area contributed by atoms with Gasteiger partial charge < -0.3 is 15.2 Å². The van der Waals surface area contributed by atoms with Gasteiger partial charge in [-0.25, -0.2) is 4.79 Å². The summed E-state index contributed by atoms with van der Waals surface area (Å²) in [6, 6.07) is 0.990. The SMILES string of the molecule is CN1C(=O)N(CC(=O)Nc2cc(Br)c[nH]c2=O)C(=O)C12CCCCC2. The fraction of sp³-hybridized carbons (Fsp3) is 0.500. The summed E-state index contributed by atoms with van der Waals surface area (Å²) in [5.74, 6) is -0.912. The highest BCUT2D eigenvalue weighted by Crippen LogP contribution is 2.39. The Bertz CT molecular complexity index is 785. The van der Waals surface area contributed by atoms with Gasteiger partial charge in [0.25, 0.3) is 11.5 Å². The summed E-state index contributed by atoms with van der Waals surface area (Å²) in [5.41, 5.74) is -1.22. The lowest BCUT2D eigenvalue weighted by molar-refractivity contribution is -0.136. The van der Waals surface area contributed by atoms with Crippen molar-refractivity contribution in [3.05, 3.63) is 27.1 Å². The van der Waals surface area contributed by atoms with Gasteiger partial charge in [0.1, 0.15) is 17.8 Å². The van der Waals surface area contributed by atoms with Crippen molar-refractivity contribution in [1.82, 2.24) is 14.8 Å². The summed E-state index contributed by atoms with van der Waals surface area (Å²) in [6.07, 6.45) is 5.51. The normalized spacial score (nSPS) is 19.6. The number of imide groups is 1. The third-order valence-electron chi connectivity index (χ3n) is 4.93. The third kappa shape index (κ3) is 3.08. The number of rotatable bonds is 3. The smallest absolute Gasteiger partial charge is 0.326 e. The van der Waals surface area contributed by atoms with Crippen LogP contribution in [-0.2, 0) is 9.59 Å². The van der Waals surface area contributed by atoms with E-state index in [1.165, 1.54) is 17.2 Å². The monoisotopic (exact) mass is 410 g/mol. The summed E-state index contributed by atoms with van der Waals surface area (Å²) in [6.45, 7) is -0.407.